The maximum Gasteiger partial charge on any atom is 0.290 e. The summed E-state index contributed by atoms with van der Waals surface area (Å²) >= 11 is 0. The third kappa shape index (κ3) is 7.22. The van der Waals surface area contributed by atoms with Crippen molar-refractivity contribution in [3.05, 3.63) is 29.8 Å². The molecular weight excluding hydrogens is 404 g/mol. The van der Waals surface area contributed by atoms with E-state index in [1.807, 2.05) is 24.3 Å². The van der Waals surface area contributed by atoms with Crippen molar-refractivity contribution in [1.29, 1.82) is 0 Å². The van der Waals surface area contributed by atoms with E-state index in [-0.39, 0.29) is 30.7 Å². The van der Waals surface area contributed by atoms with Gasteiger partial charge in [-0.05, 0) is 37.3 Å². The Kier molecular flexibility index (Phi) is 10.3. The van der Waals surface area contributed by atoms with Gasteiger partial charge in [0.25, 0.3) is 6.47 Å². The Morgan fingerprint density at radius 2 is 1.94 bits per heavy atom. The second-order valence-electron chi connectivity index (χ2n) is 7.59. The summed E-state index contributed by atoms with van der Waals surface area (Å²) in [5.74, 6) is 0.0602. The Balaban J connectivity index is 0.00000107. The van der Waals surface area contributed by atoms with Crippen LogP contribution in [0.15, 0.2) is 24.3 Å². The number of carboxylic acid groups (broad SMARTS) is 1. The molecule has 2 fully saturated rings. The van der Waals surface area contributed by atoms with Gasteiger partial charge in [-0.3, -0.25) is 14.4 Å². The lowest BCUT2D eigenvalue weighted by molar-refractivity contribution is -0.145. The summed E-state index contributed by atoms with van der Waals surface area (Å²) in [7, 11) is 1.62. The number of nitrogens with zero attached hydrogens (tertiary/aromatic N) is 1. The number of benzene rings is 1. The number of amides is 2. The summed E-state index contributed by atoms with van der Waals surface area (Å²) in [6.45, 7) is 2.20. The fourth-order valence-corrected chi connectivity index (χ4v) is 3.96. The summed E-state index contributed by atoms with van der Waals surface area (Å²) in [6, 6.07) is 7.70. The van der Waals surface area contributed by atoms with E-state index < -0.39 is 12.0 Å². The first-order chi connectivity index (χ1) is 15.0. The van der Waals surface area contributed by atoms with Crippen LogP contribution in [0.1, 0.15) is 24.8 Å². The van der Waals surface area contributed by atoms with Crippen molar-refractivity contribution >= 4 is 18.3 Å². The van der Waals surface area contributed by atoms with E-state index in [4.69, 9.17) is 19.4 Å². The largest absolute Gasteiger partial charge is 0.496 e. The molecule has 9 heteroatoms. The van der Waals surface area contributed by atoms with Crippen LogP contribution in [0.3, 0.4) is 0 Å². The van der Waals surface area contributed by atoms with Gasteiger partial charge in [0.1, 0.15) is 5.75 Å². The lowest BCUT2D eigenvalue weighted by Crippen LogP contribution is -2.53. The van der Waals surface area contributed by atoms with Crippen molar-refractivity contribution in [1.82, 2.24) is 10.2 Å². The lowest BCUT2D eigenvalue weighted by Gasteiger charge is -2.37. The monoisotopic (exact) mass is 436 g/mol. The van der Waals surface area contributed by atoms with Gasteiger partial charge in [0, 0.05) is 38.8 Å². The van der Waals surface area contributed by atoms with Gasteiger partial charge in [-0.2, -0.15) is 0 Å². The minimum Gasteiger partial charge on any atom is -0.496 e. The Hall–Kier alpha value is -2.65. The third-order valence-electron chi connectivity index (χ3n) is 5.68. The van der Waals surface area contributed by atoms with Crippen molar-refractivity contribution in [3.8, 4) is 5.75 Å². The first-order valence-electron chi connectivity index (χ1n) is 10.5. The topological polar surface area (TPSA) is 125 Å². The van der Waals surface area contributed by atoms with Gasteiger partial charge in [-0.15, -0.1) is 0 Å². The molecule has 0 spiro atoms. The minimum absolute atomic E-state index is 0.0294. The summed E-state index contributed by atoms with van der Waals surface area (Å²) in [5, 5.41) is 20.1. The van der Waals surface area contributed by atoms with Crippen LogP contribution in [0.4, 0.5) is 0 Å². The molecule has 3 rings (SSSR count). The number of carbonyl (C=O) groups is 3. The molecule has 2 atom stereocenters. The quantitative estimate of drug-likeness (QED) is 0.560. The number of nitrogens with one attached hydrogen (secondary N) is 1. The average Bonchev–Trinajstić information content (AvgIpc) is 2.80. The van der Waals surface area contributed by atoms with E-state index in [9.17, 15) is 14.7 Å². The second-order valence-corrected chi connectivity index (χ2v) is 7.59. The van der Waals surface area contributed by atoms with Crippen LogP contribution in [0.5, 0.6) is 5.75 Å². The zero-order valence-corrected chi connectivity index (χ0v) is 17.9. The van der Waals surface area contributed by atoms with Gasteiger partial charge in [-0.25, -0.2) is 0 Å². The molecule has 0 aromatic heterocycles. The highest BCUT2D eigenvalue weighted by molar-refractivity contribution is 5.83. The van der Waals surface area contributed by atoms with Crippen LogP contribution in [-0.2, 0) is 25.5 Å². The van der Waals surface area contributed by atoms with Crippen molar-refractivity contribution in [2.45, 2.75) is 31.8 Å². The van der Waals surface area contributed by atoms with Crippen LogP contribution in [0, 0.1) is 11.8 Å². The van der Waals surface area contributed by atoms with Crippen LogP contribution in [0.2, 0.25) is 0 Å². The normalized spacial score (nSPS) is 21.4. The zero-order chi connectivity index (χ0) is 22.6. The van der Waals surface area contributed by atoms with Crippen LogP contribution >= 0.6 is 0 Å². The van der Waals surface area contributed by atoms with E-state index >= 15 is 0 Å². The Morgan fingerprint density at radius 3 is 2.61 bits per heavy atom. The second kappa shape index (κ2) is 12.9. The van der Waals surface area contributed by atoms with Crippen LogP contribution < -0.4 is 10.1 Å². The van der Waals surface area contributed by atoms with Gasteiger partial charge in [-0.1, -0.05) is 18.2 Å². The van der Waals surface area contributed by atoms with Crippen molar-refractivity contribution in [2.24, 2.45) is 11.8 Å². The molecule has 0 aliphatic carbocycles. The molecule has 31 heavy (non-hydrogen) atoms. The van der Waals surface area contributed by atoms with Crippen molar-refractivity contribution in [2.75, 3.05) is 40.0 Å². The summed E-state index contributed by atoms with van der Waals surface area (Å²) in [5.41, 5.74) is 1.02. The predicted molar refractivity (Wildman–Crippen MR) is 113 cm³/mol. The standard InChI is InChI=1S/C21H30N2O5.CH2O2/c1-27-19-5-3-2-4-15(19)6-10-22-20(25)17-14-23(11-7-18(17)24)21(26)16-8-12-28-13-9-16;2-1-3/h2-5,16-18,24H,6-14H2,1H3,(H,22,25);1H,(H,2,3)/t17-,18+;/m0./s1. The number of hydrogen-bond acceptors (Lipinski definition) is 6. The highest BCUT2D eigenvalue weighted by Gasteiger charge is 2.37. The SMILES string of the molecule is COc1ccccc1CCNC(=O)[C@H]1CN(C(=O)C2CCOCC2)CC[C@H]1O.O=CO. The van der Waals surface area contributed by atoms with Gasteiger partial charge < -0.3 is 29.9 Å². The van der Waals surface area contributed by atoms with E-state index in [0.29, 0.717) is 39.1 Å². The lowest BCUT2D eigenvalue weighted by atomic mass is 9.91. The minimum atomic E-state index is -0.718. The highest BCUT2D eigenvalue weighted by atomic mass is 16.5. The van der Waals surface area contributed by atoms with Crippen molar-refractivity contribution in [3.63, 3.8) is 0 Å². The van der Waals surface area contributed by atoms with Gasteiger partial charge in [0.2, 0.25) is 11.8 Å². The number of aliphatic hydroxyl groups excluding tert-OH is 1. The predicted octanol–water partition coefficient (Wildman–Crippen LogP) is 0.691. The molecular formula is C22H32N2O7. The molecule has 3 N–H and O–H groups in total. The molecule has 0 unspecified atom stereocenters. The number of methoxy groups -OCH3 is 1. The zero-order valence-electron chi connectivity index (χ0n) is 17.9. The molecule has 2 aliphatic rings. The Morgan fingerprint density at radius 1 is 1.26 bits per heavy atom. The summed E-state index contributed by atoms with van der Waals surface area (Å²) in [6.07, 6.45) is 1.81. The maximum absolute atomic E-state index is 12.7. The van der Waals surface area contributed by atoms with Crippen LogP contribution in [0.25, 0.3) is 0 Å². The number of rotatable bonds is 6. The number of carbonyl (C=O) groups excluding carboxylic acids is 2. The van der Waals surface area contributed by atoms with E-state index in [1.54, 1.807) is 12.0 Å². The average molecular weight is 437 g/mol. The number of para-hydroxylation sites is 1. The third-order valence-corrected chi connectivity index (χ3v) is 5.68. The maximum atomic E-state index is 12.7. The number of piperidine rings is 1. The summed E-state index contributed by atoms with van der Waals surface area (Å²) in [4.78, 5) is 35.5. The van der Waals surface area contributed by atoms with Gasteiger partial charge >= 0.3 is 0 Å². The van der Waals surface area contributed by atoms with E-state index in [0.717, 1.165) is 24.2 Å². The van der Waals surface area contributed by atoms with Gasteiger partial charge in [0.15, 0.2) is 0 Å². The first-order valence-corrected chi connectivity index (χ1v) is 10.5. The Bertz CT molecular complexity index is 722. The number of likely N-dealkylation sites (tertiary alicyclic amines) is 1. The molecule has 0 saturated carbocycles. The molecule has 1 aromatic carbocycles. The molecule has 2 aliphatic heterocycles. The molecule has 0 radical (unpaired) electrons. The molecule has 2 heterocycles. The van der Waals surface area contributed by atoms with Crippen molar-refractivity contribution < 1.29 is 34.1 Å². The number of aliphatic hydroxyl groups is 1. The molecule has 9 nitrogen and oxygen atoms in total. The Labute approximate surface area is 182 Å². The molecule has 2 amide bonds. The molecule has 172 valence electrons. The number of ether oxygens (including phenoxy) is 2. The number of hydrogen-bond donors (Lipinski definition) is 3. The van der Waals surface area contributed by atoms with E-state index in [2.05, 4.69) is 5.32 Å². The fourth-order valence-electron chi connectivity index (χ4n) is 3.96. The molecule has 1 aromatic rings. The van der Waals surface area contributed by atoms with Gasteiger partial charge in [0.05, 0.1) is 19.1 Å². The highest BCUT2D eigenvalue weighted by Crippen LogP contribution is 2.23. The fraction of sp³-hybridized carbons (Fsp3) is 0.591. The summed E-state index contributed by atoms with van der Waals surface area (Å²) < 4.78 is 10.7. The first kappa shape index (κ1) is 24.6. The van der Waals surface area contributed by atoms with Crippen LogP contribution in [-0.4, -0.2) is 79.5 Å². The smallest absolute Gasteiger partial charge is 0.290 e. The molecule has 2 saturated heterocycles. The van der Waals surface area contributed by atoms with E-state index in [1.165, 1.54) is 0 Å². The molecule has 0 bridgehead atoms.